The SMILES string of the molecule is O=C(OC1(CO)CCC(CO)CC1)c1ccc(C(=O)OC2(CO)CCC(CO)CC2)cc1. The molecule has 0 saturated heterocycles. The van der Waals surface area contributed by atoms with Gasteiger partial charge in [-0.1, -0.05) is 0 Å². The fraction of sp³-hybridized carbons (Fsp3) is 0.667. The summed E-state index contributed by atoms with van der Waals surface area (Å²) in [5.74, 6) is -0.815. The number of rotatable bonds is 8. The minimum atomic E-state index is -0.943. The normalized spacial score (nSPS) is 30.5. The van der Waals surface area contributed by atoms with Crippen LogP contribution in [-0.2, 0) is 9.47 Å². The van der Waals surface area contributed by atoms with Crippen LogP contribution in [0.25, 0.3) is 0 Å². The maximum absolute atomic E-state index is 12.6. The van der Waals surface area contributed by atoms with Crippen molar-refractivity contribution >= 4 is 11.9 Å². The van der Waals surface area contributed by atoms with Gasteiger partial charge in [-0.2, -0.15) is 0 Å². The highest BCUT2D eigenvalue weighted by molar-refractivity contribution is 5.93. The molecule has 0 bridgehead atoms. The molecule has 4 N–H and O–H groups in total. The Kier molecular flexibility index (Phi) is 8.27. The number of carbonyl (C=O) groups excluding carboxylic acids is 2. The van der Waals surface area contributed by atoms with Crippen molar-refractivity contribution in [2.45, 2.75) is 62.6 Å². The molecule has 0 atom stereocenters. The summed E-state index contributed by atoms with van der Waals surface area (Å²) in [6, 6.07) is 5.94. The molecule has 0 aromatic heterocycles. The Morgan fingerprint density at radius 2 is 1.00 bits per heavy atom. The average Bonchev–Trinajstić information content (AvgIpc) is 2.85. The number of esters is 2. The van der Waals surface area contributed by atoms with Crippen molar-refractivity contribution in [1.29, 1.82) is 0 Å². The summed E-state index contributed by atoms with van der Waals surface area (Å²) in [5.41, 5.74) is -1.36. The first-order valence-corrected chi connectivity index (χ1v) is 11.4. The van der Waals surface area contributed by atoms with Crippen molar-refractivity contribution in [1.82, 2.24) is 0 Å². The van der Waals surface area contributed by atoms with Gasteiger partial charge in [-0.3, -0.25) is 0 Å². The van der Waals surface area contributed by atoms with Crippen LogP contribution in [0.15, 0.2) is 24.3 Å². The Morgan fingerprint density at radius 1 is 0.688 bits per heavy atom. The molecule has 2 aliphatic carbocycles. The fourth-order valence-electron chi connectivity index (χ4n) is 4.61. The highest BCUT2D eigenvalue weighted by atomic mass is 16.6. The van der Waals surface area contributed by atoms with Crippen LogP contribution < -0.4 is 0 Å². The molecule has 0 amide bonds. The van der Waals surface area contributed by atoms with Crippen LogP contribution in [0.2, 0.25) is 0 Å². The zero-order chi connectivity index (χ0) is 23.2. The minimum absolute atomic E-state index is 0.0899. The molecule has 0 radical (unpaired) electrons. The predicted octanol–water partition coefficient (Wildman–Crippen LogP) is 1.83. The summed E-state index contributed by atoms with van der Waals surface area (Å²) in [4.78, 5) is 25.3. The maximum atomic E-state index is 12.6. The van der Waals surface area contributed by atoms with Crippen LogP contribution in [0.5, 0.6) is 0 Å². The second-order valence-corrected chi connectivity index (χ2v) is 9.29. The third kappa shape index (κ3) is 5.67. The van der Waals surface area contributed by atoms with Crippen molar-refractivity contribution in [3.05, 3.63) is 35.4 Å². The Bertz CT molecular complexity index is 694. The van der Waals surface area contributed by atoms with Crippen LogP contribution in [0.4, 0.5) is 0 Å². The lowest BCUT2D eigenvalue weighted by molar-refractivity contribution is -0.0766. The largest absolute Gasteiger partial charge is 0.453 e. The maximum Gasteiger partial charge on any atom is 0.338 e. The highest BCUT2D eigenvalue weighted by Gasteiger charge is 2.39. The predicted molar refractivity (Wildman–Crippen MR) is 115 cm³/mol. The van der Waals surface area contributed by atoms with Gasteiger partial charge in [0.25, 0.3) is 0 Å². The third-order valence-electron chi connectivity index (χ3n) is 7.10. The van der Waals surface area contributed by atoms with Crippen molar-refractivity contribution in [2.75, 3.05) is 26.4 Å². The molecule has 8 heteroatoms. The quantitative estimate of drug-likeness (QED) is 0.441. The van der Waals surface area contributed by atoms with E-state index in [1.165, 1.54) is 24.3 Å². The second-order valence-electron chi connectivity index (χ2n) is 9.29. The molecular weight excluding hydrogens is 416 g/mol. The number of benzene rings is 1. The number of aliphatic hydroxyl groups excluding tert-OH is 4. The summed E-state index contributed by atoms with van der Waals surface area (Å²) < 4.78 is 11.3. The molecule has 3 rings (SSSR count). The molecule has 2 aliphatic rings. The molecule has 8 nitrogen and oxygen atoms in total. The van der Waals surface area contributed by atoms with Gasteiger partial charge in [-0.25, -0.2) is 9.59 Å². The first kappa shape index (κ1) is 24.6. The summed E-state index contributed by atoms with van der Waals surface area (Å²) in [6.07, 6.45) is 4.69. The monoisotopic (exact) mass is 450 g/mol. The van der Waals surface area contributed by atoms with E-state index in [4.69, 9.17) is 9.47 Å². The average molecular weight is 451 g/mol. The zero-order valence-electron chi connectivity index (χ0n) is 18.4. The van der Waals surface area contributed by atoms with Gasteiger partial charge in [0.15, 0.2) is 0 Å². The topological polar surface area (TPSA) is 134 Å². The van der Waals surface area contributed by atoms with E-state index in [-0.39, 0.29) is 49.4 Å². The van der Waals surface area contributed by atoms with Gasteiger partial charge in [0, 0.05) is 13.2 Å². The van der Waals surface area contributed by atoms with Gasteiger partial charge in [-0.15, -0.1) is 0 Å². The fourth-order valence-corrected chi connectivity index (χ4v) is 4.61. The Labute approximate surface area is 188 Å². The standard InChI is InChI=1S/C24H34O8/c25-13-17-5-9-23(15-27,10-6-17)31-21(29)19-1-2-20(4-3-19)22(30)32-24(16-28)11-7-18(14-26)8-12-24/h1-4,17-18,25-28H,5-16H2. The lowest BCUT2D eigenvalue weighted by Gasteiger charge is -2.38. The van der Waals surface area contributed by atoms with E-state index in [0.29, 0.717) is 51.4 Å². The smallest absolute Gasteiger partial charge is 0.338 e. The van der Waals surface area contributed by atoms with E-state index in [1.54, 1.807) is 0 Å². The van der Waals surface area contributed by atoms with E-state index < -0.39 is 23.1 Å². The highest BCUT2D eigenvalue weighted by Crippen LogP contribution is 2.36. The number of carbonyl (C=O) groups is 2. The zero-order valence-corrected chi connectivity index (χ0v) is 18.4. The summed E-state index contributed by atoms with van der Waals surface area (Å²) in [5, 5.41) is 38.2. The lowest BCUT2D eigenvalue weighted by Crippen LogP contribution is -2.43. The van der Waals surface area contributed by atoms with Crippen LogP contribution in [0, 0.1) is 11.8 Å². The van der Waals surface area contributed by atoms with Crippen molar-refractivity contribution < 1.29 is 39.5 Å². The van der Waals surface area contributed by atoms with Crippen molar-refractivity contribution in [2.24, 2.45) is 11.8 Å². The molecule has 0 spiro atoms. The van der Waals surface area contributed by atoms with E-state index >= 15 is 0 Å². The molecule has 2 fully saturated rings. The first-order chi connectivity index (χ1) is 15.4. The summed E-state index contributed by atoms with van der Waals surface area (Å²) >= 11 is 0. The van der Waals surface area contributed by atoms with Gasteiger partial charge in [0.2, 0.25) is 0 Å². The van der Waals surface area contributed by atoms with Crippen molar-refractivity contribution in [3.63, 3.8) is 0 Å². The molecule has 32 heavy (non-hydrogen) atoms. The van der Waals surface area contributed by atoms with Crippen LogP contribution in [0.3, 0.4) is 0 Å². The van der Waals surface area contributed by atoms with Crippen LogP contribution >= 0.6 is 0 Å². The Morgan fingerprint density at radius 3 is 1.25 bits per heavy atom. The second kappa shape index (κ2) is 10.7. The van der Waals surface area contributed by atoms with E-state index in [0.717, 1.165) is 0 Å². The van der Waals surface area contributed by atoms with Gasteiger partial charge in [0.1, 0.15) is 11.2 Å². The van der Waals surface area contributed by atoms with Crippen LogP contribution in [0.1, 0.15) is 72.1 Å². The molecule has 1 aromatic carbocycles. The molecular formula is C24H34O8. The minimum Gasteiger partial charge on any atom is -0.453 e. The summed E-state index contributed by atoms with van der Waals surface area (Å²) in [6.45, 7) is -0.372. The van der Waals surface area contributed by atoms with Gasteiger partial charge < -0.3 is 29.9 Å². The summed E-state index contributed by atoms with van der Waals surface area (Å²) in [7, 11) is 0. The van der Waals surface area contributed by atoms with Crippen molar-refractivity contribution in [3.8, 4) is 0 Å². The van der Waals surface area contributed by atoms with E-state index in [1.807, 2.05) is 0 Å². The van der Waals surface area contributed by atoms with Crippen LogP contribution in [-0.4, -0.2) is 70.0 Å². The Hall–Kier alpha value is -2.00. The number of hydrogen-bond donors (Lipinski definition) is 4. The molecule has 2 saturated carbocycles. The number of hydrogen-bond acceptors (Lipinski definition) is 8. The van der Waals surface area contributed by atoms with E-state index in [2.05, 4.69) is 0 Å². The van der Waals surface area contributed by atoms with Gasteiger partial charge >= 0.3 is 11.9 Å². The van der Waals surface area contributed by atoms with E-state index in [9.17, 15) is 30.0 Å². The molecule has 178 valence electrons. The Balaban J connectivity index is 1.60. The van der Waals surface area contributed by atoms with Gasteiger partial charge in [-0.05, 0) is 87.5 Å². The lowest BCUT2D eigenvalue weighted by atomic mass is 9.79. The van der Waals surface area contributed by atoms with Gasteiger partial charge in [0.05, 0.1) is 24.3 Å². The molecule has 1 aromatic rings. The first-order valence-electron chi connectivity index (χ1n) is 11.4. The molecule has 0 unspecified atom stereocenters. The number of aliphatic hydroxyl groups is 4. The third-order valence-corrected chi connectivity index (χ3v) is 7.10. The number of ether oxygens (including phenoxy) is 2. The molecule has 0 aliphatic heterocycles. The molecule has 0 heterocycles.